The van der Waals surface area contributed by atoms with Gasteiger partial charge < -0.3 is 15.6 Å². The first-order chi connectivity index (χ1) is 5.52. The summed E-state index contributed by atoms with van der Waals surface area (Å²) in [5, 5.41) is 2.54. The fourth-order valence-electron chi connectivity index (χ4n) is 0.886. The van der Waals surface area contributed by atoms with Gasteiger partial charge in [-0.1, -0.05) is 0 Å². The first-order valence-electron chi connectivity index (χ1n) is 3.58. The minimum absolute atomic E-state index is 0.167. The first kappa shape index (κ1) is 8.58. The molecule has 0 aliphatic heterocycles. The fraction of sp³-hybridized carbons (Fsp3) is 0.429. The van der Waals surface area contributed by atoms with Gasteiger partial charge in [0.05, 0.1) is 0 Å². The number of amides is 1. The average molecular weight is 168 g/mol. The highest BCUT2D eigenvalue weighted by molar-refractivity contribution is 5.90. The van der Waals surface area contributed by atoms with Gasteiger partial charge in [0.2, 0.25) is 5.91 Å². The van der Waals surface area contributed by atoms with Crippen LogP contribution in [0.1, 0.15) is 12.7 Å². The van der Waals surface area contributed by atoms with Crippen LogP contribution >= 0.6 is 0 Å². The number of carbonyl (C=O) groups excluding carboxylic acids is 1. The van der Waals surface area contributed by atoms with Crippen molar-refractivity contribution >= 4 is 17.5 Å². The molecular formula is C7H12N4O. The molecule has 5 heteroatoms. The van der Waals surface area contributed by atoms with Crippen molar-refractivity contribution in [2.24, 2.45) is 7.05 Å². The summed E-state index contributed by atoms with van der Waals surface area (Å²) in [6.45, 7) is 3.24. The molecule has 0 aliphatic rings. The summed E-state index contributed by atoms with van der Waals surface area (Å²) in [6, 6.07) is 0. The maximum absolute atomic E-state index is 10.7. The number of carbonyl (C=O) groups is 1. The lowest BCUT2D eigenvalue weighted by atomic mass is 10.6. The van der Waals surface area contributed by atoms with Gasteiger partial charge in [-0.15, -0.1) is 0 Å². The molecule has 0 bridgehead atoms. The van der Waals surface area contributed by atoms with Gasteiger partial charge in [-0.05, 0) is 6.92 Å². The molecule has 3 N–H and O–H groups in total. The number of aryl methyl sites for hydroxylation is 1. The molecular weight excluding hydrogens is 156 g/mol. The third-order valence-electron chi connectivity index (χ3n) is 1.66. The normalized spacial score (nSPS) is 9.92. The zero-order chi connectivity index (χ0) is 9.30. The van der Waals surface area contributed by atoms with Crippen LogP contribution in [0.15, 0.2) is 0 Å². The summed E-state index contributed by atoms with van der Waals surface area (Å²) in [4.78, 5) is 14.7. The Hall–Kier alpha value is -1.52. The van der Waals surface area contributed by atoms with E-state index in [2.05, 4.69) is 10.3 Å². The molecule has 5 nitrogen and oxygen atoms in total. The third kappa shape index (κ3) is 1.39. The molecule has 0 saturated carbocycles. The van der Waals surface area contributed by atoms with E-state index in [1.54, 1.807) is 11.6 Å². The highest BCUT2D eigenvalue weighted by Gasteiger charge is 2.08. The predicted octanol–water partition coefficient (Wildman–Crippen LogP) is 0.269. The molecule has 1 heterocycles. The molecule has 1 aromatic rings. The van der Waals surface area contributed by atoms with Gasteiger partial charge in [0.25, 0.3) is 0 Å². The van der Waals surface area contributed by atoms with E-state index in [4.69, 9.17) is 5.73 Å². The highest BCUT2D eigenvalue weighted by atomic mass is 16.1. The van der Waals surface area contributed by atoms with Crippen molar-refractivity contribution in [2.75, 3.05) is 11.1 Å². The topological polar surface area (TPSA) is 72.9 Å². The van der Waals surface area contributed by atoms with E-state index >= 15 is 0 Å². The minimum Gasteiger partial charge on any atom is -0.382 e. The van der Waals surface area contributed by atoms with Crippen molar-refractivity contribution in [3.8, 4) is 0 Å². The second kappa shape index (κ2) is 2.84. The van der Waals surface area contributed by atoms with Crippen LogP contribution in [0.5, 0.6) is 0 Å². The van der Waals surface area contributed by atoms with Gasteiger partial charge in [-0.2, -0.15) is 0 Å². The number of nitrogens with two attached hydrogens (primary N) is 1. The lowest BCUT2D eigenvalue weighted by molar-refractivity contribution is -0.114. The summed E-state index contributed by atoms with van der Waals surface area (Å²) in [5.41, 5.74) is 5.64. The summed E-state index contributed by atoms with van der Waals surface area (Å²) >= 11 is 0. The van der Waals surface area contributed by atoms with Crippen LogP contribution in [0, 0.1) is 6.92 Å². The highest BCUT2D eigenvalue weighted by Crippen LogP contribution is 2.16. The molecule has 0 atom stereocenters. The molecule has 0 spiro atoms. The third-order valence-corrected chi connectivity index (χ3v) is 1.66. The summed E-state index contributed by atoms with van der Waals surface area (Å²) < 4.78 is 1.71. The van der Waals surface area contributed by atoms with E-state index in [0.717, 1.165) is 5.82 Å². The molecule has 0 unspecified atom stereocenters. The molecule has 0 fully saturated rings. The second-order valence-corrected chi connectivity index (χ2v) is 2.63. The second-order valence-electron chi connectivity index (χ2n) is 2.63. The number of imidazole rings is 1. The van der Waals surface area contributed by atoms with Gasteiger partial charge in [0, 0.05) is 14.0 Å². The van der Waals surface area contributed by atoms with E-state index in [-0.39, 0.29) is 5.91 Å². The molecule has 12 heavy (non-hydrogen) atoms. The Labute approximate surface area is 70.6 Å². The minimum atomic E-state index is -0.167. The maximum Gasteiger partial charge on any atom is 0.222 e. The van der Waals surface area contributed by atoms with E-state index in [1.807, 2.05) is 6.92 Å². The molecule has 0 saturated heterocycles. The van der Waals surface area contributed by atoms with Crippen LogP contribution in [-0.2, 0) is 11.8 Å². The van der Waals surface area contributed by atoms with Crippen LogP contribution in [0.4, 0.5) is 11.6 Å². The number of nitrogen functional groups attached to an aromatic ring is 1. The molecule has 0 aromatic carbocycles. The molecule has 0 radical (unpaired) electrons. The first-order valence-corrected chi connectivity index (χ1v) is 3.58. The summed E-state index contributed by atoms with van der Waals surface area (Å²) in [7, 11) is 1.79. The van der Waals surface area contributed by atoms with E-state index in [1.165, 1.54) is 6.92 Å². The Bertz CT molecular complexity index is 315. The summed E-state index contributed by atoms with van der Waals surface area (Å²) in [6.07, 6.45) is 0. The van der Waals surface area contributed by atoms with Crippen LogP contribution in [0.3, 0.4) is 0 Å². The van der Waals surface area contributed by atoms with Gasteiger partial charge in [-0.3, -0.25) is 4.79 Å². The van der Waals surface area contributed by atoms with E-state index in [9.17, 15) is 4.79 Å². The number of rotatable bonds is 1. The number of aromatic nitrogens is 2. The van der Waals surface area contributed by atoms with Gasteiger partial charge >= 0.3 is 0 Å². The van der Waals surface area contributed by atoms with Crippen molar-refractivity contribution in [3.05, 3.63) is 5.82 Å². The Kier molecular flexibility index (Phi) is 2.03. The summed E-state index contributed by atoms with van der Waals surface area (Å²) in [5.74, 6) is 1.52. The average Bonchev–Trinajstić information content (AvgIpc) is 2.17. The Morgan fingerprint density at radius 2 is 2.25 bits per heavy atom. The molecule has 1 rings (SSSR count). The molecule has 1 amide bonds. The van der Waals surface area contributed by atoms with Gasteiger partial charge in [-0.25, -0.2) is 4.98 Å². The maximum atomic E-state index is 10.7. The fourth-order valence-corrected chi connectivity index (χ4v) is 0.886. The van der Waals surface area contributed by atoms with Crippen LogP contribution in [0.2, 0.25) is 0 Å². The monoisotopic (exact) mass is 168 g/mol. The molecule has 0 aliphatic carbocycles. The molecule has 1 aromatic heterocycles. The number of nitrogens with one attached hydrogen (secondary N) is 1. The largest absolute Gasteiger partial charge is 0.382 e. The standard InChI is InChI=1S/C7H12N4O/c1-4-9-7(10-5(2)12)6(8)11(4)3/h8H2,1-3H3,(H,10,12). The van der Waals surface area contributed by atoms with Gasteiger partial charge in [0.15, 0.2) is 5.82 Å². The van der Waals surface area contributed by atoms with Crippen molar-refractivity contribution in [1.82, 2.24) is 9.55 Å². The van der Waals surface area contributed by atoms with Gasteiger partial charge in [0.1, 0.15) is 11.6 Å². The van der Waals surface area contributed by atoms with Crippen LogP contribution < -0.4 is 11.1 Å². The zero-order valence-corrected chi connectivity index (χ0v) is 7.38. The van der Waals surface area contributed by atoms with E-state index < -0.39 is 0 Å². The van der Waals surface area contributed by atoms with Crippen LogP contribution in [-0.4, -0.2) is 15.5 Å². The van der Waals surface area contributed by atoms with Crippen molar-refractivity contribution in [2.45, 2.75) is 13.8 Å². The molecule has 66 valence electrons. The lowest BCUT2D eigenvalue weighted by Crippen LogP contribution is -2.08. The lowest BCUT2D eigenvalue weighted by Gasteiger charge is -1.98. The van der Waals surface area contributed by atoms with Crippen molar-refractivity contribution in [3.63, 3.8) is 0 Å². The smallest absolute Gasteiger partial charge is 0.222 e. The Morgan fingerprint density at radius 3 is 2.58 bits per heavy atom. The Morgan fingerprint density at radius 1 is 1.67 bits per heavy atom. The number of hydrogen-bond donors (Lipinski definition) is 2. The van der Waals surface area contributed by atoms with Crippen molar-refractivity contribution in [1.29, 1.82) is 0 Å². The van der Waals surface area contributed by atoms with Crippen molar-refractivity contribution < 1.29 is 4.79 Å². The number of anilines is 2. The number of hydrogen-bond acceptors (Lipinski definition) is 3. The SMILES string of the molecule is CC(=O)Nc1nc(C)n(C)c1N. The number of nitrogens with zero attached hydrogens (tertiary/aromatic N) is 2. The van der Waals surface area contributed by atoms with Crippen LogP contribution in [0.25, 0.3) is 0 Å². The zero-order valence-electron chi connectivity index (χ0n) is 7.38. The van der Waals surface area contributed by atoms with E-state index in [0.29, 0.717) is 11.6 Å². The Balaban J connectivity index is 3.01. The predicted molar refractivity (Wildman–Crippen MR) is 46.7 cm³/mol. The quantitative estimate of drug-likeness (QED) is 0.632.